The number of nitrogens with zero attached hydrogens (tertiary/aromatic N) is 3. The van der Waals surface area contributed by atoms with Gasteiger partial charge in [-0.25, -0.2) is 4.79 Å². The zero-order chi connectivity index (χ0) is 24.1. The second-order valence-electron chi connectivity index (χ2n) is 7.17. The summed E-state index contributed by atoms with van der Waals surface area (Å²) in [6.07, 6.45) is -7.79. The van der Waals surface area contributed by atoms with Crippen molar-refractivity contribution >= 4 is 23.5 Å². The van der Waals surface area contributed by atoms with Crippen LogP contribution in [0.1, 0.15) is 23.7 Å². The molecule has 0 saturated carbocycles. The van der Waals surface area contributed by atoms with Crippen LogP contribution in [0.15, 0.2) is 29.4 Å². The number of hydrogen-bond acceptors (Lipinski definition) is 9. The highest BCUT2D eigenvalue weighted by Crippen LogP contribution is 2.30. The highest BCUT2D eigenvalue weighted by Gasteiger charge is 2.53. The van der Waals surface area contributed by atoms with Crippen LogP contribution in [0, 0.1) is 0 Å². The second kappa shape index (κ2) is 10.4. The molecule has 6 atom stereocenters. The van der Waals surface area contributed by atoms with Crippen molar-refractivity contribution < 1.29 is 44.7 Å². The maximum Gasteiger partial charge on any atom is 0.364 e. The van der Waals surface area contributed by atoms with Crippen LogP contribution in [0.3, 0.4) is 0 Å². The van der Waals surface area contributed by atoms with Gasteiger partial charge in [0.1, 0.15) is 12.2 Å². The number of carboxylic acid groups (broad SMARTS) is 1. The third-order valence-corrected chi connectivity index (χ3v) is 4.78. The fraction of sp³-hybridized carbons (Fsp3) is 0.500. The van der Waals surface area contributed by atoms with Crippen LogP contribution in [0.5, 0.6) is 0 Å². The number of azide groups is 1. The first kappa shape index (κ1) is 25.0. The van der Waals surface area contributed by atoms with Gasteiger partial charge >= 0.3 is 5.97 Å². The predicted molar refractivity (Wildman–Crippen MR) is 105 cm³/mol. The summed E-state index contributed by atoms with van der Waals surface area (Å²) in [5.41, 5.74) is 8.82. The summed E-state index contributed by atoms with van der Waals surface area (Å²) in [6, 6.07) is 4.16. The molecule has 1 aliphatic heterocycles. The van der Waals surface area contributed by atoms with Gasteiger partial charge in [0.2, 0.25) is 5.91 Å². The molecule has 0 radical (unpaired) electrons. The van der Waals surface area contributed by atoms with Crippen molar-refractivity contribution in [3.8, 4) is 0 Å². The topological polar surface area (TPSA) is 234 Å². The minimum atomic E-state index is -2.86. The van der Waals surface area contributed by atoms with Crippen LogP contribution in [0.2, 0.25) is 0 Å². The number of carbonyl (C=O) groups is 3. The normalized spacial score (nSPS) is 26.8. The van der Waals surface area contributed by atoms with Gasteiger partial charge in [-0.1, -0.05) is 17.2 Å². The van der Waals surface area contributed by atoms with Crippen molar-refractivity contribution in [2.24, 2.45) is 5.11 Å². The lowest BCUT2D eigenvalue weighted by Gasteiger charge is -2.44. The largest absolute Gasteiger partial charge is 0.477 e. The number of aliphatic carboxylic acids is 1. The lowest BCUT2D eigenvalue weighted by atomic mass is 9.88. The minimum absolute atomic E-state index is 0.157. The van der Waals surface area contributed by atoms with Crippen molar-refractivity contribution in [2.75, 3.05) is 6.54 Å². The highest BCUT2D eigenvalue weighted by atomic mass is 16.7. The summed E-state index contributed by atoms with van der Waals surface area (Å²) in [4.78, 5) is 37.6. The fourth-order valence-electron chi connectivity index (χ4n) is 3.18. The molecule has 0 spiro atoms. The van der Waals surface area contributed by atoms with E-state index in [9.17, 15) is 39.9 Å². The Morgan fingerprint density at radius 2 is 1.94 bits per heavy atom. The number of nitrogens with one attached hydrogen (secondary N) is 2. The summed E-state index contributed by atoms with van der Waals surface area (Å²) in [5.74, 6) is -5.98. The van der Waals surface area contributed by atoms with Gasteiger partial charge in [-0.15, -0.1) is 0 Å². The molecule has 1 saturated heterocycles. The summed E-state index contributed by atoms with van der Waals surface area (Å²) in [5, 5.41) is 58.3. The van der Waals surface area contributed by atoms with Crippen molar-refractivity contribution in [3.05, 3.63) is 40.3 Å². The number of hydrogen-bond donors (Lipinski definition) is 7. The average molecular weight is 453 g/mol. The van der Waals surface area contributed by atoms with E-state index in [0.717, 1.165) is 6.92 Å². The fourth-order valence-corrected chi connectivity index (χ4v) is 3.18. The van der Waals surface area contributed by atoms with Crippen LogP contribution in [-0.2, 0) is 14.3 Å². The Morgan fingerprint density at radius 3 is 2.47 bits per heavy atom. The van der Waals surface area contributed by atoms with Gasteiger partial charge in [-0.2, -0.15) is 0 Å². The third kappa shape index (κ3) is 5.91. The molecule has 32 heavy (non-hydrogen) atoms. The van der Waals surface area contributed by atoms with Crippen LogP contribution in [-0.4, -0.2) is 86.1 Å². The van der Waals surface area contributed by atoms with Crippen molar-refractivity contribution in [2.45, 2.75) is 49.6 Å². The van der Waals surface area contributed by atoms with Crippen molar-refractivity contribution in [3.63, 3.8) is 0 Å². The molecule has 14 heteroatoms. The number of carboxylic acids is 1. The van der Waals surface area contributed by atoms with Gasteiger partial charge in [-0.3, -0.25) is 9.59 Å². The van der Waals surface area contributed by atoms with Crippen molar-refractivity contribution in [1.82, 2.24) is 10.6 Å². The Kier molecular flexibility index (Phi) is 8.10. The molecule has 2 rings (SSSR count). The lowest BCUT2D eigenvalue weighted by Crippen LogP contribution is -2.67. The molecule has 14 nitrogen and oxygen atoms in total. The molecule has 0 aliphatic carbocycles. The zero-order valence-corrected chi connectivity index (χ0v) is 16.8. The average Bonchev–Trinajstić information content (AvgIpc) is 2.73. The summed E-state index contributed by atoms with van der Waals surface area (Å²) >= 11 is 0. The molecule has 1 aromatic carbocycles. The molecule has 0 aromatic heterocycles. The first-order chi connectivity index (χ1) is 15.0. The second-order valence-corrected chi connectivity index (χ2v) is 7.17. The molecule has 1 heterocycles. The third-order valence-electron chi connectivity index (χ3n) is 4.78. The standard InChI is InChI=1S/C18H23N5O9/c1-8(24)21-13-11(25)6-18(31,17(29)30)32-15(13)14(27)12(26)7-20-16(28)9-2-4-10(5-3-9)22-23-19/h2-5,11-15,25-27,31H,6-7H2,1H3,(H,20,28)(H,21,24)(H,29,30)/t11-,12+,13+,14+,15+,18?/m0/s1. The predicted octanol–water partition coefficient (Wildman–Crippen LogP) is -1.49. The number of rotatable bonds is 8. The Labute approximate surface area is 181 Å². The Hall–Kier alpha value is -3.26. The number of aliphatic hydroxyl groups excluding tert-OH is 3. The number of aliphatic hydroxyl groups is 4. The van der Waals surface area contributed by atoms with E-state index >= 15 is 0 Å². The molecule has 7 N–H and O–H groups in total. The van der Waals surface area contributed by atoms with E-state index in [1.165, 1.54) is 24.3 Å². The Morgan fingerprint density at radius 1 is 1.31 bits per heavy atom. The van der Waals surface area contributed by atoms with Gasteiger partial charge in [0.25, 0.3) is 11.7 Å². The van der Waals surface area contributed by atoms with Gasteiger partial charge in [0.05, 0.1) is 18.2 Å². The van der Waals surface area contributed by atoms with Crippen LogP contribution < -0.4 is 10.6 Å². The summed E-state index contributed by atoms with van der Waals surface area (Å²) < 4.78 is 5.05. The molecule has 1 fully saturated rings. The monoisotopic (exact) mass is 453 g/mol. The summed E-state index contributed by atoms with van der Waals surface area (Å²) in [7, 11) is 0. The van der Waals surface area contributed by atoms with E-state index in [0.29, 0.717) is 0 Å². The van der Waals surface area contributed by atoms with Crippen LogP contribution >= 0.6 is 0 Å². The molecule has 1 unspecified atom stereocenters. The maximum atomic E-state index is 12.2. The Balaban J connectivity index is 2.10. The Bertz CT molecular complexity index is 905. The molecular formula is C18H23N5O9. The zero-order valence-electron chi connectivity index (χ0n) is 16.8. The van der Waals surface area contributed by atoms with E-state index in [1.807, 2.05) is 0 Å². The van der Waals surface area contributed by atoms with E-state index in [1.54, 1.807) is 0 Å². The number of benzene rings is 1. The first-order valence-corrected chi connectivity index (χ1v) is 9.36. The van der Waals surface area contributed by atoms with E-state index < -0.39 is 67.0 Å². The molecule has 0 bridgehead atoms. The maximum absolute atomic E-state index is 12.2. The van der Waals surface area contributed by atoms with E-state index in [-0.39, 0.29) is 11.3 Å². The molecule has 1 aromatic rings. The first-order valence-electron chi connectivity index (χ1n) is 9.36. The lowest BCUT2D eigenvalue weighted by molar-refractivity contribution is -0.294. The number of ether oxygens (including phenoxy) is 1. The van der Waals surface area contributed by atoms with Gasteiger partial charge in [0, 0.05) is 36.1 Å². The van der Waals surface area contributed by atoms with Gasteiger partial charge < -0.3 is 40.9 Å². The number of amides is 2. The van der Waals surface area contributed by atoms with Gasteiger partial charge in [-0.05, 0) is 17.7 Å². The van der Waals surface area contributed by atoms with Crippen molar-refractivity contribution in [1.29, 1.82) is 0 Å². The number of carbonyl (C=O) groups excluding carboxylic acids is 2. The minimum Gasteiger partial charge on any atom is -0.477 e. The molecule has 1 aliphatic rings. The molecular weight excluding hydrogens is 430 g/mol. The highest BCUT2D eigenvalue weighted by molar-refractivity contribution is 5.94. The van der Waals surface area contributed by atoms with E-state index in [2.05, 4.69) is 20.7 Å². The van der Waals surface area contributed by atoms with Gasteiger partial charge in [0.15, 0.2) is 0 Å². The molecule has 174 valence electrons. The van der Waals surface area contributed by atoms with Crippen LogP contribution in [0.25, 0.3) is 10.4 Å². The quantitative estimate of drug-likeness (QED) is 0.138. The van der Waals surface area contributed by atoms with Crippen LogP contribution in [0.4, 0.5) is 5.69 Å². The SMILES string of the molecule is CC(=O)N[C@H]1[C@H]([C@H](O)[C@H](O)CNC(=O)c2ccc(N=[N+]=[N-])cc2)OC(O)(C(=O)O)C[C@@H]1O. The van der Waals surface area contributed by atoms with E-state index in [4.69, 9.17) is 10.3 Å². The summed E-state index contributed by atoms with van der Waals surface area (Å²) in [6.45, 7) is 0.588. The molecule has 2 amide bonds. The smallest absolute Gasteiger partial charge is 0.364 e.